The van der Waals surface area contributed by atoms with E-state index in [1.54, 1.807) is 54.6 Å². The molecule has 0 bridgehead atoms. The highest BCUT2D eigenvalue weighted by Gasteiger charge is 2.20. The van der Waals surface area contributed by atoms with Crippen molar-refractivity contribution in [1.82, 2.24) is 20.2 Å². The molecule has 0 aliphatic carbocycles. The molecule has 176 valence electrons. The number of fused-ring (bicyclic) bond motifs is 1. The molecule has 0 aliphatic rings. The van der Waals surface area contributed by atoms with Gasteiger partial charge in [-0.3, -0.25) is 10.1 Å². The number of thioether (sulfide) groups is 1. The molecule has 3 aromatic heterocycles. The van der Waals surface area contributed by atoms with Crippen LogP contribution in [-0.2, 0) is 0 Å². The number of imidazole rings is 1. The van der Waals surface area contributed by atoms with Crippen molar-refractivity contribution in [3.63, 3.8) is 0 Å². The first kappa shape index (κ1) is 22.4. The Hall–Kier alpha value is -4.36. The quantitative estimate of drug-likeness (QED) is 0.206. The third-order valence-corrected chi connectivity index (χ3v) is 6.63. The zero-order valence-corrected chi connectivity index (χ0v) is 19.7. The Morgan fingerprint density at radius 2 is 1.94 bits per heavy atom. The van der Waals surface area contributed by atoms with Crippen LogP contribution in [0.2, 0.25) is 0 Å². The molecule has 35 heavy (non-hydrogen) atoms. The number of primary amides is 1. The van der Waals surface area contributed by atoms with Crippen molar-refractivity contribution in [2.45, 2.75) is 4.34 Å². The van der Waals surface area contributed by atoms with E-state index in [2.05, 4.69) is 25.5 Å². The van der Waals surface area contributed by atoms with Gasteiger partial charge in [-0.25, -0.2) is 14.7 Å². The summed E-state index contributed by atoms with van der Waals surface area (Å²) < 4.78 is 11.8. The zero-order chi connectivity index (χ0) is 24.4. The van der Waals surface area contributed by atoms with Crippen molar-refractivity contribution in [2.75, 3.05) is 16.5 Å². The lowest BCUT2D eigenvalue weighted by Crippen LogP contribution is -2.31. The number of ether oxygens (including phenoxy) is 1. The summed E-state index contributed by atoms with van der Waals surface area (Å²) in [5, 5.41) is 11.1. The van der Waals surface area contributed by atoms with E-state index in [0.717, 1.165) is 4.34 Å². The molecule has 3 amide bonds. The van der Waals surface area contributed by atoms with E-state index >= 15 is 0 Å². The van der Waals surface area contributed by atoms with Gasteiger partial charge in [0.05, 0.1) is 23.0 Å². The Labute approximate surface area is 206 Å². The molecule has 5 rings (SSSR count). The Balaban J connectivity index is 1.31. The lowest BCUT2D eigenvalue weighted by molar-refractivity contribution is 0.0996. The summed E-state index contributed by atoms with van der Waals surface area (Å²) in [5.74, 6) is 1.16. The maximum absolute atomic E-state index is 12.2. The molecule has 4 N–H and O–H groups in total. The number of H-pyrrole nitrogens is 1. The molecule has 5 aromatic rings. The summed E-state index contributed by atoms with van der Waals surface area (Å²) in [6.07, 6.45) is 3.30. The van der Waals surface area contributed by atoms with Crippen LogP contribution in [0.15, 0.2) is 69.6 Å². The van der Waals surface area contributed by atoms with Crippen LogP contribution in [0.1, 0.15) is 10.6 Å². The molecule has 0 aliphatic heterocycles. The van der Waals surface area contributed by atoms with Crippen LogP contribution in [0.25, 0.3) is 11.0 Å². The minimum atomic E-state index is -0.665. The highest BCUT2D eigenvalue weighted by molar-refractivity contribution is 8.00. The van der Waals surface area contributed by atoms with Gasteiger partial charge < -0.3 is 19.9 Å². The maximum atomic E-state index is 12.2. The molecule has 0 atom stereocenters. The van der Waals surface area contributed by atoms with Crippen molar-refractivity contribution in [3.05, 3.63) is 66.6 Å². The van der Waals surface area contributed by atoms with Gasteiger partial charge in [0.2, 0.25) is 11.1 Å². The first-order valence-electron chi connectivity index (χ1n) is 10.1. The van der Waals surface area contributed by atoms with E-state index in [4.69, 9.17) is 14.9 Å². The normalized spacial score (nSPS) is 10.9. The van der Waals surface area contributed by atoms with Gasteiger partial charge >= 0.3 is 6.03 Å². The monoisotopic (exact) mass is 507 g/mol. The second-order valence-electron chi connectivity index (χ2n) is 7.02. The third-order valence-electron chi connectivity index (χ3n) is 4.74. The summed E-state index contributed by atoms with van der Waals surface area (Å²) in [5.41, 5.74) is 7.44. The number of aromatic nitrogens is 4. The molecule has 0 fully saturated rings. The van der Waals surface area contributed by atoms with Crippen molar-refractivity contribution in [3.8, 4) is 11.5 Å². The highest BCUT2D eigenvalue weighted by Crippen LogP contribution is 2.33. The van der Waals surface area contributed by atoms with Crippen LogP contribution in [0.4, 0.5) is 21.6 Å². The molecule has 0 unspecified atom stereocenters. The van der Waals surface area contributed by atoms with Gasteiger partial charge in [-0.05, 0) is 54.8 Å². The van der Waals surface area contributed by atoms with Crippen molar-refractivity contribution in [2.24, 2.45) is 5.73 Å². The molecule has 11 nitrogen and oxygen atoms in total. The summed E-state index contributed by atoms with van der Waals surface area (Å²) in [6, 6.07) is 14.7. The molecular formula is C22H17N7O4S2. The summed E-state index contributed by atoms with van der Waals surface area (Å²) >= 11 is 2.71. The summed E-state index contributed by atoms with van der Waals surface area (Å²) in [7, 11) is 0. The Morgan fingerprint density at radius 1 is 1.14 bits per heavy atom. The molecule has 0 spiro atoms. The van der Waals surface area contributed by atoms with E-state index in [0.29, 0.717) is 33.4 Å². The molecule has 0 radical (unpaired) electrons. The molecular weight excluding hydrogens is 490 g/mol. The maximum Gasteiger partial charge on any atom is 0.325 e. The molecule has 0 saturated carbocycles. The minimum Gasteiger partial charge on any atom is -0.459 e. The van der Waals surface area contributed by atoms with Crippen LogP contribution in [0, 0.1) is 0 Å². The lowest BCUT2D eigenvalue weighted by Gasteiger charge is -2.17. The number of hydrogen-bond acceptors (Lipinski definition) is 9. The number of aromatic amines is 1. The number of furan rings is 1. The van der Waals surface area contributed by atoms with Gasteiger partial charge in [-0.1, -0.05) is 23.1 Å². The Bertz CT molecular complexity index is 1500. The number of nitrogens with one attached hydrogen (secondary N) is 2. The number of hydrogen-bond donors (Lipinski definition) is 3. The number of benzene rings is 2. The largest absolute Gasteiger partial charge is 0.459 e. The number of anilines is 3. The van der Waals surface area contributed by atoms with Crippen LogP contribution >= 0.6 is 23.1 Å². The Morgan fingerprint density at radius 3 is 2.63 bits per heavy atom. The number of rotatable bonds is 7. The Kier molecular flexibility index (Phi) is 6.08. The summed E-state index contributed by atoms with van der Waals surface area (Å²) in [4.78, 5) is 32.9. The first-order chi connectivity index (χ1) is 17.0. The fourth-order valence-corrected chi connectivity index (χ4v) is 4.48. The number of nitrogens with two attached hydrogens (primary N) is 1. The number of carbonyl (C=O) groups excluding carboxylic acids is 2. The van der Waals surface area contributed by atoms with Gasteiger partial charge in [0.25, 0.3) is 5.91 Å². The van der Waals surface area contributed by atoms with Crippen molar-refractivity contribution in [1.29, 1.82) is 0 Å². The van der Waals surface area contributed by atoms with Gasteiger partial charge in [0.1, 0.15) is 11.5 Å². The number of carbonyl (C=O) groups is 2. The van der Waals surface area contributed by atoms with Crippen LogP contribution in [0.5, 0.6) is 11.5 Å². The average Bonchev–Trinajstić information content (AvgIpc) is 3.61. The number of amides is 3. The van der Waals surface area contributed by atoms with Crippen LogP contribution < -0.4 is 20.7 Å². The lowest BCUT2D eigenvalue weighted by atomic mass is 10.2. The van der Waals surface area contributed by atoms with Crippen LogP contribution in [-0.4, -0.2) is 38.4 Å². The summed E-state index contributed by atoms with van der Waals surface area (Å²) in [6.45, 7) is 0. The van der Waals surface area contributed by atoms with Gasteiger partial charge in [-0.15, -0.1) is 10.2 Å². The van der Waals surface area contributed by atoms with E-state index in [1.807, 2.05) is 6.26 Å². The van der Waals surface area contributed by atoms with E-state index in [1.165, 1.54) is 34.3 Å². The molecule has 2 aromatic carbocycles. The second kappa shape index (κ2) is 9.48. The van der Waals surface area contributed by atoms with Crippen molar-refractivity contribution < 1.29 is 18.7 Å². The second-order valence-corrected chi connectivity index (χ2v) is 9.03. The zero-order valence-electron chi connectivity index (χ0n) is 18.1. The molecule has 3 heterocycles. The fraction of sp³-hybridized carbons (Fsp3) is 0.0455. The third kappa shape index (κ3) is 4.81. The first-order valence-corrected chi connectivity index (χ1v) is 12.1. The van der Waals surface area contributed by atoms with E-state index in [-0.39, 0.29) is 11.7 Å². The average molecular weight is 508 g/mol. The van der Waals surface area contributed by atoms with Crippen molar-refractivity contribution >= 4 is 62.8 Å². The van der Waals surface area contributed by atoms with E-state index < -0.39 is 11.9 Å². The molecule has 0 saturated heterocycles. The predicted molar refractivity (Wildman–Crippen MR) is 133 cm³/mol. The minimum absolute atomic E-state index is 0.184. The topological polar surface area (TPSA) is 152 Å². The molecule has 13 heteroatoms. The number of nitrogens with zero attached hydrogens (tertiary/aromatic N) is 4. The van der Waals surface area contributed by atoms with Gasteiger partial charge in [-0.2, -0.15) is 0 Å². The fourth-order valence-electron chi connectivity index (χ4n) is 3.19. The van der Waals surface area contributed by atoms with Gasteiger partial charge in [0, 0.05) is 6.07 Å². The van der Waals surface area contributed by atoms with Gasteiger partial charge in [0.15, 0.2) is 10.1 Å². The smallest absolute Gasteiger partial charge is 0.325 e. The SMILES string of the molecule is CSc1nnc(N(C(N)=O)c2ccc(Oc3ccc4nc(NC(=O)c5ccco5)[nH]c4c3)cc2)s1. The number of urea groups is 1. The van der Waals surface area contributed by atoms with E-state index in [9.17, 15) is 9.59 Å². The highest BCUT2D eigenvalue weighted by atomic mass is 32.2. The predicted octanol–water partition coefficient (Wildman–Crippen LogP) is 4.99. The standard InChI is InChI=1S/C22H17N7O4S2/c1-34-22-28-27-21(35-22)29(19(23)31)12-4-6-13(7-5-12)33-14-8-9-15-16(11-14)25-20(24-15)26-18(30)17-3-2-10-32-17/h2-11H,1H3,(H2,23,31)(H2,24,25,26,30). The van der Waals surface area contributed by atoms with Crippen LogP contribution in [0.3, 0.4) is 0 Å².